The molecular formula is C15H21NO5S. The Morgan fingerprint density at radius 3 is 2.45 bits per heavy atom. The van der Waals surface area contributed by atoms with E-state index in [4.69, 9.17) is 5.11 Å². The number of carbonyl (C=O) groups excluding carboxylic acids is 1. The highest BCUT2D eigenvalue weighted by atomic mass is 32.2. The summed E-state index contributed by atoms with van der Waals surface area (Å²) in [4.78, 5) is 22.7. The summed E-state index contributed by atoms with van der Waals surface area (Å²) in [6, 6.07) is 4.33. The number of aryl methyl sites for hydroxylation is 1. The Bertz CT molecular complexity index is 652. The smallest absolute Gasteiger partial charge is 0.335 e. The van der Waals surface area contributed by atoms with Crippen LogP contribution in [0, 0.1) is 6.92 Å². The second-order valence-electron chi connectivity index (χ2n) is 5.18. The van der Waals surface area contributed by atoms with Gasteiger partial charge in [-0.25, -0.2) is 13.2 Å². The molecular weight excluding hydrogens is 306 g/mol. The maximum absolute atomic E-state index is 11.8. The number of anilines is 1. The number of nitrogens with one attached hydrogen (secondary N) is 1. The van der Waals surface area contributed by atoms with Crippen molar-refractivity contribution in [1.29, 1.82) is 0 Å². The zero-order chi connectivity index (χ0) is 16.8. The molecule has 0 saturated heterocycles. The standard InChI is InChI=1S/C15H21NO5S/c1-3-4-5-8-22(20,21)10-14(17)16-12-6-7-13(15(18)19)11(2)9-12/h6-7,9H,3-5,8,10H2,1-2H3,(H,16,17)(H,18,19). The Hall–Kier alpha value is -1.89. The minimum absolute atomic E-state index is 0.00520. The average Bonchev–Trinajstić information content (AvgIpc) is 2.37. The number of carboxylic acid groups (broad SMARTS) is 1. The first-order valence-electron chi connectivity index (χ1n) is 7.09. The molecule has 22 heavy (non-hydrogen) atoms. The average molecular weight is 327 g/mol. The van der Waals surface area contributed by atoms with Gasteiger partial charge in [0.05, 0.1) is 11.3 Å². The molecule has 7 heteroatoms. The number of hydrogen-bond acceptors (Lipinski definition) is 4. The summed E-state index contributed by atoms with van der Waals surface area (Å²) in [5.41, 5.74) is 1.03. The fraction of sp³-hybridized carbons (Fsp3) is 0.467. The number of amides is 1. The number of carboxylic acids is 1. The van der Waals surface area contributed by atoms with Gasteiger partial charge in [-0.3, -0.25) is 4.79 Å². The van der Waals surface area contributed by atoms with Crippen molar-refractivity contribution >= 4 is 27.4 Å². The monoisotopic (exact) mass is 327 g/mol. The second-order valence-corrected chi connectivity index (χ2v) is 7.37. The van der Waals surface area contributed by atoms with Gasteiger partial charge in [-0.05, 0) is 37.1 Å². The van der Waals surface area contributed by atoms with Crippen molar-refractivity contribution in [2.45, 2.75) is 33.1 Å². The van der Waals surface area contributed by atoms with E-state index in [0.717, 1.165) is 12.8 Å². The zero-order valence-electron chi connectivity index (χ0n) is 12.8. The number of aromatic carboxylic acids is 1. The highest BCUT2D eigenvalue weighted by Gasteiger charge is 2.17. The van der Waals surface area contributed by atoms with Gasteiger partial charge in [-0.2, -0.15) is 0 Å². The number of unbranched alkanes of at least 4 members (excludes halogenated alkanes) is 2. The number of benzene rings is 1. The lowest BCUT2D eigenvalue weighted by molar-refractivity contribution is -0.113. The van der Waals surface area contributed by atoms with Crippen LogP contribution in [0.4, 0.5) is 5.69 Å². The Morgan fingerprint density at radius 2 is 1.91 bits per heavy atom. The molecule has 122 valence electrons. The van der Waals surface area contributed by atoms with Gasteiger partial charge in [-0.1, -0.05) is 19.8 Å². The maximum atomic E-state index is 11.8. The van der Waals surface area contributed by atoms with Crippen molar-refractivity contribution in [2.75, 3.05) is 16.8 Å². The van der Waals surface area contributed by atoms with Crippen molar-refractivity contribution in [1.82, 2.24) is 0 Å². The summed E-state index contributed by atoms with van der Waals surface area (Å²) in [5.74, 6) is -2.21. The Labute approximate surface area is 130 Å². The third-order valence-electron chi connectivity index (χ3n) is 3.15. The molecule has 2 N–H and O–H groups in total. The van der Waals surface area contributed by atoms with Crippen LogP contribution < -0.4 is 5.32 Å². The maximum Gasteiger partial charge on any atom is 0.335 e. The lowest BCUT2D eigenvalue weighted by atomic mass is 10.1. The van der Waals surface area contributed by atoms with Crippen LogP contribution in [0.15, 0.2) is 18.2 Å². The molecule has 1 amide bonds. The molecule has 0 atom stereocenters. The molecule has 1 rings (SSSR count). The molecule has 0 aliphatic rings. The second kappa shape index (κ2) is 7.93. The Balaban J connectivity index is 2.65. The summed E-state index contributed by atoms with van der Waals surface area (Å²) >= 11 is 0. The van der Waals surface area contributed by atoms with E-state index in [2.05, 4.69) is 5.32 Å². The lowest BCUT2D eigenvalue weighted by Gasteiger charge is -2.08. The van der Waals surface area contributed by atoms with E-state index < -0.39 is 27.5 Å². The molecule has 1 aromatic carbocycles. The van der Waals surface area contributed by atoms with E-state index in [1.54, 1.807) is 6.92 Å². The summed E-state index contributed by atoms with van der Waals surface area (Å²) < 4.78 is 23.6. The molecule has 0 unspecified atom stereocenters. The molecule has 6 nitrogen and oxygen atoms in total. The summed E-state index contributed by atoms with van der Waals surface area (Å²) in [5, 5.41) is 11.4. The Kier molecular flexibility index (Phi) is 6.55. The molecule has 0 heterocycles. The van der Waals surface area contributed by atoms with E-state index in [0.29, 0.717) is 17.7 Å². The van der Waals surface area contributed by atoms with E-state index in [-0.39, 0.29) is 11.3 Å². The van der Waals surface area contributed by atoms with Crippen LogP contribution in [-0.4, -0.2) is 36.9 Å². The molecule has 0 saturated carbocycles. The van der Waals surface area contributed by atoms with Gasteiger partial charge in [0.25, 0.3) is 0 Å². The highest BCUT2D eigenvalue weighted by Crippen LogP contribution is 2.15. The van der Waals surface area contributed by atoms with Crippen LogP contribution in [0.2, 0.25) is 0 Å². The van der Waals surface area contributed by atoms with Crippen LogP contribution >= 0.6 is 0 Å². The lowest BCUT2D eigenvalue weighted by Crippen LogP contribution is -2.24. The van der Waals surface area contributed by atoms with E-state index in [1.807, 2.05) is 6.92 Å². The van der Waals surface area contributed by atoms with Crippen molar-refractivity contribution in [3.05, 3.63) is 29.3 Å². The molecule has 0 aliphatic carbocycles. The van der Waals surface area contributed by atoms with E-state index in [1.165, 1.54) is 18.2 Å². The van der Waals surface area contributed by atoms with Gasteiger partial charge < -0.3 is 10.4 Å². The first kappa shape index (κ1) is 18.2. The molecule has 0 aromatic heterocycles. The predicted molar refractivity (Wildman–Crippen MR) is 84.9 cm³/mol. The number of sulfone groups is 1. The minimum Gasteiger partial charge on any atom is -0.478 e. The zero-order valence-corrected chi connectivity index (χ0v) is 13.6. The SMILES string of the molecule is CCCCCS(=O)(=O)CC(=O)Nc1ccc(C(=O)O)c(C)c1. The van der Waals surface area contributed by atoms with Gasteiger partial charge in [0.1, 0.15) is 5.75 Å². The van der Waals surface area contributed by atoms with Gasteiger partial charge >= 0.3 is 5.97 Å². The number of carbonyl (C=O) groups is 2. The van der Waals surface area contributed by atoms with Crippen LogP contribution in [0.1, 0.15) is 42.1 Å². The van der Waals surface area contributed by atoms with Gasteiger partial charge in [0.2, 0.25) is 5.91 Å². The fourth-order valence-electron chi connectivity index (χ4n) is 2.02. The minimum atomic E-state index is -3.41. The van der Waals surface area contributed by atoms with Crippen molar-refractivity contribution < 1.29 is 23.1 Å². The van der Waals surface area contributed by atoms with Crippen LogP contribution in [0.5, 0.6) is 0 Å². The molecule has 0 spiro atoms. The molecule has 0 bridgehead atoms. The molecule has 0 aliphatic heterocycles. The van der Waals surface area contributed by atoms with Gasteiger partial charge in [0.15, 0.2) is 9.84 Å². The third-order valence-corrected chi connectivity index (χ3v) is 4.76. The first-order chi connectivity index (χ1) is 10.2. The molecule has 0 fully saturated rings. The van der Waals surface area contributed by atoms with Crippen molar-refractivity contribution in [3.8, 4) is 0 Å². The highest BCUT2D eigenvalue weighted by molar-refractivity contribution is 7.92. The molecule has 0 radical (unpaired) electrons. The van der Waals surface area contributed by atoms with E-state index in [9.17, 15) is 18.0 Å². The summed E-state index contributed by atoms with van der Waals surface area (Å²) in [7, 11) is -3.41. The quantitative estimate of drug-likeness (QED) is 0.713. The normalized spacial score (nSPS) is 11.2. The Morgan fingerprint density at radius 1 is 1.23 bits per heavy atom. The van der Waals surface area contributed by atoms with Crippen LogP contribution in [0.25, 0.3) is 0 Å². The van der Waals surface area contributed by atoms with Gasteiger partial charge in [-0.15, -0.1) is 0 Å². The number of hydrogen-bond donors (Lipinski definition) is 2. The topological polar surface area (TPSA) is 101 Å². The first-order valence-corrected chi connectivity index (χ1v) is 8.91. The van der Waals surface area contributed by atoms with Crippen LogP contribution in [0.3, 0.4) is 0 Å². The van der Waals surface area contributed by atoms with Crippen LogP contribution in [-0.2, 0) is 14.6 Å². The predicted octanol–water partition coefficient (Wildman–Crippen LogP) is 2.24. The van der Waals surface area contributed by atoms with E-state index >= 15 is 0 Å². The van der Waals surface area contributed by atoms with Gasteiger partial charge in [0, 0.05) is 5.69 Å². The van der Waals surface area contributed by atoms with Crippen molar-refractivity contribution in [2.24, 2.45) is 0 Å². The largest absolute Gasteiger partial charge is 0.478 e. The summed E-state index contributed by atoms with van der Waals surface area (Å²) in [6.45, 7) is 3.59. The number of rotatable bonds is 8. The molecule has 1 aromatic rings. The van der Waals surface area contributed by atoms with Crippen molar-refractivity contribution in [3.63, 3.8) is 0 Å². The summed E-state index contributed by atoms with van der Waals surface area (Å²) in [6.07, 6.45) is 2.28. The third kappa shape index (κ3) is 5.85. The fourth-order valence-corrected chi connectivity index (χ4v) is 3.28.